The summed E-state index contributed by atoms with van der Waals surface area (Å²) in [6.45, 7) is 6.97. The number of rotatable bonds is 4. The third-order valence-electron chi connectivity index (χ3n) is 4.73. The van der Waals surface area contributed by atoms with Crippen molar-refractivity contribution in [2.24, 2.45) is 0 Å². The van der Waals surface area contributed by atoms with Crippen molar-refractivity contribution in [2.75, 3.05) is 0 Å². The molecule has 1 aromatic rings. The Morgan fingerprint density at radius 3 is 1.77 bits per heavy atom. The van der Waals surface area contributed by atoms with Gasteiger partial charge in [-0.2, -0.15) is 17.6 Å². The fraction of sp³-hybridized carbons (Fsp3) is 0.444. The molecule has 0 bridgehead atoms. The maximum atomic E-state index is 13.7. The van der Waals surface area contributed by atoms with Gasteiger partial charge < -0.3 is 15.7 Å². The summed E-state index contributed by atoms with van der Waals surface area (Å²) >= 11 is -0.171. The second kappa shape index (κ2) is 11.0. The number of aliphatic hydroxyl groups is 1. The van der Waals surface area contributed by atoms with Crippen LogP contribution in [0, 0.1) is 17.5 Å². The van der Waals surface area contributed by atoms with Gasteiger partial charge in [-0.25, -0.2) is 17.6 Å². The van der Waals surface area contributed by atoms with Crippen LogP contribution in [-0.4, -0.2) is 35.8 Å². The molecule has 1 aromatic carbocycles. The predicted molar refractivity (Wildman–Crippen MR) is 96.5 cm³/mol. The topological polar surface area (TPSA) is 72.0 Å². The summed E-state index contributed by atoms with van der Waals surface area (Å²) in [6.07, 6.45) is 0. The molecule has 0 saturated carbocycles. The highest BCUT2D eigenvalue weighted by Crippen LogP contribution is 2.52. The molecule has 3 nitrogen and oxygen atoms in total. The first kappa shape index (κ1) is 28.2. The molecular weight excluding hydrogens is 443 g/mol. The molecule has 170 valence electrons. The van der Waals surface area contributed by atoms with E-state index in [4.69, 9.17) is 10.2 Å². The van der Waals surface area contributed by atoms with Crippen molar-refractivity contribution in [3.8, 4) is 5.75 Å². The Labute approximate surface area is 172 Å². The number of aromatic hydroxyl groups is 1. The van der Waals surface area contributed by atoms with Gasteiger partial charge in [0.25, 0.3) is 14.1 Å². The van der Waals surface area contributed by atoms with Crippen molar-refractivity contribution in [2.45, 2.75) is 48.5 Å². The van der Waals surface area contributed by atoms with E-state index in [1.165, 1.54) is 15.8 Å². The summed E-state index contributed by atoms with van der Waals surface area (Å²) in [5.74, 6) is -27.3. The van der Waals surface area contributed by atoms with Crippen molar-refractivity contribution in [3.63, 3.8) is 0 Å². The quantitative estimate of drug-likeness (QED) is 0.319. The monoisotopic (exact) mass is 464 g/mol. The van der Waals surface area contributed by atoms with Crippen molar-refractivity contribution in [3.05, 3.63) is 52.3 Å². The zero-order chi connectivity index (χ0) is 22.7. The van der Waals surface area contributed by atoms with Gasteiger partial charge in [-0.3, -0.25) is 0 Å². The summed E-state index contributed by atoms with van der Waals surface area (Å²) in [4.78, 5) is 0. The summed E-state index contributed by atoms with van der Waals surface area (Å²) in [5.41, 5.74) is -2.03. The lowest BCUT2D eigenvalue weighted by molar-refractivity contribution is -0.0190. The van der Waals surface area contributed by atoms with Crippen LogP contribution >= 0.6 is 0 Å². The smallest absolute Gasteiger partial charge is 0.315 e. The Balaban J connectivity index is 0.000000909. The summed E-state index contributed by atoms with van der Waals surface area (Å²) in [7, 11) is 0. The Bertz CT molecular complexity index is 817. The summed E-state index contributed by atoms with van der Waals surface area (Å²) < 4.78 is 108. The van der Waals surface area contributed by atoms with Gasteiger partial charge in [-0.15, -0.1) is 0 Å². The van der Waals surface area contributed by atoms with Gasteiger partial charge in [-0.05, 0) is 0 Å². The van der Waals surface area contributed by atoms with Crippen LogP contribution in [0.5, 0.6) is 5.75 Å². The van der Waals surface area contributed by atoms with Crippen LogP contribution in [0.25, 0.3) is 0 Å². The minimum atomic E-state index is -5.09. The number of aliphatic hydroxyl groups excluding tert-OH is 1. The van der Waals surface area contributed by atoms with Crippen LogP contribution in [0.4, 0.5) is 35.1 Å². The van der Waals surface area contributed by atoms with Crippen molar-refractivity contribution >= 4 is 14.1 Å². The molecule has 1 aliphatic rings. The maximum Gasteiger partial charge on any atom is 0.315 e. The first-order valence-corrected chi connectivity index (χ1v) is 11.2. The van der Waals surface area contributed by atoms with Crippen molar-refractivity contribution < 1.29 is 50.8 Å². The third-order valence-corrected chi connectivity index (χ3v) is 8.19. The lowest BCUT2D eigenvalue weighted by Crippen LogP contribution is -2.34. The van der Waals surface area contributed by atoms with Gasteiger partial charge in [0, 0.05) is 11.6 Å². The predicted octanol–water partition coefficient (Wildman–Crippen LogP) is 6.15. The summed E-state index contributed by atoms with van der Waals surface area (Å²) in [6, 6.07) is -0.162. The first-order valence-electron chi connectivity index (χ1n) is 8.75. The van der Waals surface area contributed by atoms with Crippen LogP contribution in [0.15, 0.2) is 29.3 Å². The Morgan fingerprint density at radius 1 is 0.900 bits per heavy atom. The highest BCUT2D eigenvalue weighted by Gasteiger charge is 2.56. The lowest BCUT2D eigenvalue weighted by atomic mass is 9.85. The van der Waals surface area contributed by atoms with Gasteiger partial charge in [0.1, 0.15) is 11.7 Å². The van der Waals surface area contributed by atoms with Gasteiger partial charge >= 0.3 is 5.92 Å². The molecule has 1 aliphatic carbocycles. The van der Waals surface area contributed by atoms with E-state index in [0.717, 1.165) is 0 Å². The number of alkyl halides is 2. The van der Waals surface area contributed by atoms with Crippen LogP contribution in [-0.2, 0) is 0 Å². The van der Waals surface area contributed by atoms with Crippen LogP contribution in [0.2, 0.25) is 15.8 Å². The molecule has 0 heterocycles. The van der Waals surface area contributed by atoms with Crippen LogP contribution < -0.4 is 0 Å². The second-order valence-electron chi connectivity index (χ2n) is 6.39. The molecule has 30 heavy (non-hydrogen) atoms. The number of hydrogen-bond donors (Lipinski definition) is 2. The molecule has 2 rings (SSSR count). The van der Waals surface area contributed by atoms with Crippen molar-refractivity contribution in [1.29, 1.82) is 0 Å². The van der Waals surface area contributed by atoms with E-state index in [-0.39, 0.29) is 25.7 Å². The van der Waals surface area contributed by atoms with E-state index in [1.54, 1.807) is 0 Å². The molecule has 1 atom stereocenters. The minimum absolute atomic E-state index is 0. The zero-order valence-electron chi connectivity index (χ0n) is 16.3. The molecule has 0 saturated heterocycles. The maximum absolute atomic E-state index is 13.7. The fourth-order valence-electron chi connectivity index (χ4n) is 2.82. The molecular formula is C18H21AlF8O3. The van der Waals surface area contributed by atoms with Crippen molar-refractivity contribution in [1.82, 2.24) is 0 Å². The molecule has 0 amide bonds. The van der Waals surface area contributed by atoms with E-state index in [2.05, 4.69) is 20.8 Å². The molecule has 0 aromatic heterocycles. The average molecular weight is 464 g/mol. The summed E-state index contributed by atoms with van der Waals surface area (Å²) in [5, 5.41) is 22.0. The molecule has 0 aliphatic heterocycles. The minimum Gasteiger partial charge on any atom is -0.505 e. The largest absolute Gasteiger partial charge is 0.505 e. The number of allylic oxidation sites excluding steroid dienone is 3. The molecule has 0 radical (unpaired) electrons. The first-order chi connectivity index (χ1) is 13.4. The number of benzene rings is 1. The van der Waals surface area contributed by atoms with E-state index >= 15 is 0 Å². The zero-order valence-corrected chi connectivity index (χ0v) is 17.4. The average Bonchev–Trinajstić information content (AvgIpc) is 2.68. The second-order valence-corrected chi connectivity index (χ2v) is 10.6. The Morgan fingerprint density at radius 2 is 1.37 bits per heavy atom. The molecule has 1 unspecified atom stereocenters. The van der Waals surface area contributed by atoms with Gasteiger partial charge in [0.2, 0.25) is 11.6 Å². The van der Waals surface area contributed by atoms with E-state index in [0.29, 0.717) is 0 Å². The molecule has 0 fully saturated rings. The standard InChI is InChI=1S/C12H4F8O2.3C2H5.Al.H2O/c13-2-1-3(21)6(14)7(15)4(2)5-8(16)9(17)10(22)11(18)12(5,19)20;3*1-2;;/h1,5,21-22H;3*1H2,2H3;;1H2. The number of halogens is 8. The normalized spacial score (nSPS) is 17.9. The molecule has 4 N–H and O–H groups in total. The van der Waals surface area contributed by atoms with Crippen LogP contribution in [0.3, 0.4) is 0 Å². The van der Waals surface area contributed by atoms with Gasteiger partial charge in [0.05, 0.1) is 0 Å². The number of hydrogen-bond acceptors (Lipinski definition) is 2. The third kappa shape index (κ3) is 5.28. The highest BCUT2D eigenvalue weighted by molar-refractivity contribution is 6.58. The number of phenols is 1. The Hall–Kier alpha value is -1.77. The van der Waals surface area contributed by atoms with E-state index in [9.17, 15) is 35.1 Å². The van der Waals surface area contributed by atoms with E-state index in [1.807, 2.05) is 0 Å². The van der Waals surface area contributed by atoms with Gasteiger partial charge in [0.15, 0.2) is 29.0 Å². The fourth-order valence-corrected chi connectivity index (χ4v) is 4.55. The van der Waals surface area contributed by atoms with E-state index < -0.39 is 63.8 Å². The molecule has 0 spiro atoms. The number of phenolic OH excluding ortho intramolecular Hbond substituents is 1. The SMILES string of the molecule is C[CH2][Al]([CH2]C)[CH2]C.O.OC1=C(F)C(F)(F)C(c2c(F)cc(O)c(F)c2F)C(F)=C1F. The van der Waals surface area contributed by atoms with Crippen LogP contribution in [0.1, 0.15) is 32.3 Å². The van der Waals surface area contributed by atoms with Gasteiger partial charge in [-0.1, -0.05) is 36.6 Å². The highest BCUT2D eigenvalue weighted by atomic mass is 27.2. The lowest BCUT2D eigenvalue weighted by Gasteiger charge is -2.29. The Kier molecular flexibility index (Phi) is 10.4. The molecule has 12 heteroatoms.